The van der Waals surface area contributed by atoms with Gasteiger partial charge < -0.3 is 23.7 Å². The van der Waals surface area contributed by atoms with E-state index in [2.05, 4.69) is 0 Å². The van der Waals surface area contributed by atoms with E-state index in [1.54, 1.807) is 13.8 Å². The van der Waals surface area contributed by atoms with E-state index in [9.17, 15) is 19.2 Å². The van der Waals surface area contributed by atoms with Crippen LogP contribution < -0.4 is 0 Å². The number of carbonyl (C=O) groups is 4. The number of ether oxygens (including phenoxy) is 5. The molecule has 9 heteroatoms. The van der Waals surface area contributed by atoms with Gasteiger partial charge in [-0.15, -0.1) is 0 Å². The second-order valence-corrected chi connectivity index (χ2v) is 5.45. The van der Waals surface area contributed by atoms with Crippen molar-refractivity contribution < 1.29 is 42.9 Å². The van der Waals surface area contributed by atoms with E-state index in [0.29, 0.717) is 0 Å². The molecular formula is C16H26O9. The first-order valence-corrected chi connectivity index (χ1v) is 7.79. The van der Waals surface area contributed by atoms with Crippen molar-refractivity contribution in [2.24, 2.45) is 0 Å². The Bertz CT molecular complexity index is 474. The van der Waals surface area contributed by atoms with Gasteiger partial charge in [0.1, 0.15) is 25.4 Å². The van der Waals surface area contributed by atoms with E-state index in [4.69, 9.17) is 23.7 Å². The van der Waals surface area contributed by atoms with Gasteiger partial charge >= 0.3 is 23.9 Å². The van der Waals surface area contributed by atoms with Crippen LogP contribution in [0.15, 0.2) is 0 Å². The Morgan fingerprint density at radius 1 is 0.640 bits per heavy atom. The molecule has 0 radical (unpaired) electrons. The van der Waals surface area contributed by atoms with Gasteiger partial charge in [-0.3, -0.25) is 19.2 Å². The Morgan fingerprint density at radius 3 is 1.48 bits per heavy atom. The molecule has 4 atom stereocenters. The minimum Gasteiger partial charge on any atom is -0.463 e. The Morgan fingerprint density at radius 2 is 1.08 bits per heavy atom. The summed E-state index contributed by atoms with van der Waals surface area (Å²) >= 11 is 0. The van der Waals surface area contributed by atoms with Crippen LogP contribution in [-0.2, 0) is 42.9 Å². The maximum Gasteiger partial charge on any atom is 0.303 e. The average Bonchev–Trinajstić information content (AvgIpc) is 2.45. The smallest absolute Gasteiger partial charge is 0.303 e. The number of hydrogen-bond acceptors (Lipinski definition) is 9. The van der Waals surface area contributed by atoms with E-state index < -0.39 is 48.3 Å². The lowest BCUT2D eigenvalue weighted by atomic mass is 10.2. The van der Waals surface area contributed by atoms with Crippen LogP contribution in [0.1, 0.15) is 41.5 Å². The molecule has 25 heavy (non-hydrogen) atoms. The lowest BCUT2D eigenvalue weighted by Gasteiger charge is -2.30. The van der Waals surface area contributed by atoms with Crippen LogP contribution in [0.3, 0.4) is 0 Å². The Balaban J connectivity index is 5.02. The van der Waals surface area contributed by atoms with E-state index >= 15 is 0 Å². The number of esters is 4. The highest BCUT2D eigenvalue weighted by molar-refractivity contribution is 5.67. The highest BCUT2D eigenvalue weighted by atomic mass is 16.6. The largest absolute Gasteiger partial charge is 0.463 e. The van der Waals surface area contributed by atoms with Crippen molar-refractivity contribution in [3.05, 3.63) is 0 Å². The Labute approximate surface area is 146 Å². The van der Waals surface area contributed by atoms with Gasteiger partial charge in [0.05, 0.1) is 6.10 Å². The van der Waals surface area contributed by atoms with Crippen molar-refractivity contribution in [2.75, 3.05) is 13.2 Å². The molecule has 0 amide bonds. The summed E-state index contributed by atoms with van der Waals surface area (Å²) in [5.41, 5.74) is 0. The molecule has 0 saturated heterocycles. The molecule has 0 rings (SSSR count). The Hall–Kier alpha value is -2.16. The van der Waals surface area contributed by atoms with Crippen LogP contribution in [0.2, 0.25) is 0 Å². The Kier molecular flexibility index (Phi) is 10.4. The summed E-state index contributed by atoms with van der Waals surface area (Å²) in [5.74, 6) is -2.15. The second kappa shape index (κ2) is 11.4. The van der Waals surface area contributed by atoms with Crippen molar-refractivity contribution in [3.63, 3.8) is 0 Å². The maximum absolute atomic E-state index is 11.2. The van der Waals surface area contributed by atoms with Gasteiger partial charge in [-0.25, -0.2) is 0 Å². The summed E-state index contributed by atoms with van der Waals surface area (Å²) in [4.78, 5) is 44.3. The molecule has 0 aromatic rings. The van der Waals surface area contributed by atoms with E-state index in [1.807, 2.05) is 0 Å². The van der Waals surface area contributed by atoms with Gasteiger partial charge in [0, 0.05) is 27.7 Å². The molecule has 0 N–H and O–H groups in total. The van der Waals surface area contributed by atoms with E-state index in [0.717, 1.165) is 0 Å². The zero-order valence-electron chi connectivity index (χ0n) is 15.4. The quantitative estimate of drug-likeness (QED) is 0.410. The molecule has 0 spiro atoms. The zero-order chi connectivity index (χ0) is 19.6. The van der Waals surface area contributed by atoms with Crippen LogP contribution in [0.4, 0.5) is 0 Å². The molecule has 0 bridgehead atoms. The molecule has 144 valence electrons. The highest BCUT2D eigenvalue weighted by Gasteiger charge is 2.30. The van der Waals surface area contributed by atoms with Crippen molar-refractivity contribution in [2.45, 2.75) is 66.0 Å². The van der Waals surface area contributed by atoms with Crippen LogP contribution >= 0.6 is 0 Å². The van der Waals surface area contributed by atoms with Gasteiger partial charge in [0.2, 0.25) is 0 Å². The molecule has 0 heterocycles. The third-order valence-corrected chi connectivity index (χ3v) is 3.01. The maximum atomic E-state index is 11.2. The first-order chi connectivity index (χ1) is 11.5. The summed E-state index contributed by atoms with van der Waals surface area (Å²) in [6.45, 7) is 7.73. The van der Waals surface area contributed by atoms with Crippen LogP contribution in [0.5, 0.6) is 0 Å². The first kappa shape index (κ1) is 22.8. The van der Waals surface area contributed by atoms with E-state index in [1.165, 1.54) is 27.7 Å². The van der Waals surface area contributed by atoms with Crippen molar-refractivity contribution >= 4 is 23.9 Å². The third kappa shape index (κ3) is 11.1. The monoisotopic (exact) mass is 362 g/mol. The lowest BCUT2D eigenvalue weighted by Crippen LogP contribution is -2.43. The van der Waals surface area contributed by atoms with Crippen LogP contribution in [0.25, 0.3) is 0 Å². The average molecular weight is 362 g/mol. The van der Waals surface area contributed by atoms with E-state index in [-0.39, 0.29) is 13.2 Å². The number of carbonyl (C=O) groups excluding carboxylic acids is 4. The van der Waals surface area contributed by atoms with Crippen molar-refractivity contribution in [1.29, 1.82) is 0 Å². The third-order valence-electron chi connectivity index (χ3n) is 3.01. The van der Waals surface area contributed by atoms with Crippen molar-refractivity contribution in [3.8, 4) is 0 Å². The fourth-order valence-electron chi connectivity index (χ4n) is 1.86. The van der Waals surface area contributed by atoms with Gasteiger partial charge in [0.25, 0.3) is 0 Å². The summed E-state index contributed by atoms with van der Waals surface area (Å²) < 4.78 is 25.7. The van der Waals surface area contributed by atoms with Gasteiger partial charge in [0.15, 0.2) is 6.10 Å². The predicted molar refractivity (Wildman–Crippen MR) is 84.4 cm³/mol. The molecule has 0 saturated carbocycles. The molecule has 1 unspecified atom stereocenters. The normalized spacial score (nSPS) is 15.3. The van der Waals surface area contributed by atoms with Gasteiger partial charge in [-0.2, -0.15) is 0 Å². The van der Waals surface area contributed by atoms with Crippen LogP contribution in [-0.4, -0.2) is 61.5 Å². The fourth-order valence-corrected chi connectivity index (χ4v) is 1.86. The SMILES string of the molecule is CC(=O)OCC(O[C@@H](C)[C@H](COC(C)=O)OC(C)=O)[C@H](C)OC(C)=O. The lowest BCUT2D eigenvalue weighted by molar-refractivity contribution is -0.184. The minimum absolute atomic E-state index is 0.158. The molecule has 0 fully saturated rings. The molecular weight excluding hydrogens is 336 g/mol. The molecule has 0 aliphatic rings. The van der Waals surface area contributed by atoms with Crippen LogP contribution in [0, 0.1) is 0 Å². The topological polar surface area (TPSA) is 114 Å². The first-order valence-electron chi connectivity index (χ1n) is 7.79. The molecule has 9 nitrogen and oxygen atoms in total. The van der Waals surface area contributed by atoms with Gasteiger partial charge in [-0.05, 0) is 13.8 Å². The summed E-state index contributed by atoms with van der Waals surface area (Å²) in [5, 5.41) is 0. The number of hydrogen-bond donors (Lipinski definition) is 0. The summed E-state index contributed by atoms with van der Waals surface area (Å²) in [6, 6.07) is 0. The zero-order valence-corrected chi connectivity index (χ0v) is 15.4. The molecule has 0 aromatic heterocycles. The van der Waals surface area contributed by atoms with Gasteiger partial charge in [-0.1, -0.05) is 0 Å². The molecule has 0 aliphatic heterocycles. The minimum atomic E-state index is -0.870. The summed E-state index contributed by atoms with van der Waals surface area (Å²) in [7, 11) is 0. The second-order valence-electron chi connectivity index (χ2n) is 5.45. The standard InChI is InChI=1S/C16H26O9/c1-9(23-13(5)19)15(7-21-11(3)17)24-10(2)16(25-14(6)20)8-22-12(4)18/h9-10,15-16H,7-8H2,1-6H3/t9-,10-,15?,16-/m0/s1. The molecule has 0 aromatic carbocycles. The number of rotatable bonds is 10. The molecule has 0 aliphatic carbocycles. The summed E-state index contributed by atoms with van der Waals surface area (Å²) in [6.07, 6.45) is -3.10. The highest BCUT2D eigenvalue weighted by Crippen LogP contribution is 2.14. The fraction of sp³-hybridized carbons (Fsp3) is 0.750. The van der Waals surface area contributed by atoms with Crippen molar-refractivity contribution in [1.82, 2.24) is 0 Å². The predicted octanol–water partition coefficient (Wildman–Crippen LogP) is 0.770.